The van der Waals surface area contributed by atoms with E-state index >= 15 is 0 Å². The monoisotopic (exact) mass is 594 g/mol. The van der Waals surface area contributed by atoms with E-state index in [0.29, 0.717) is 0 Å². The zero-order chi connectivity index (χ0) is 22.5. The number of halogens is 2. The Kier molecular flexibility index (Phi) is 8.60. The summed E-state index contributed by atoms with van der Waals surface area (Å²) in [5.41, 5.74) is 11.5. The summed E-state index contributed by atoms with van der Waals surface area (Å²) in [6.45, 7) is 0. The molecule has 0 spiro atoms. The van der Waals surface area contributed by atoms with Gasteiger partial charge in [0, 0.05) is 0 Å². The van der Waals surface area contributed by atoms with Gasteiger partial charge in [0.25, 0.3) is 0 Å². The maximum atomic E-state index is 2.48. The topological polar surface area (TPSA) is 0 Å². The van der Waals surface area contributed by atoms with Crippen LogP contribution in [0.5, 0.6) is 0 Å². The Balaban J connectivity index is 0.00000107. The minimum Gasteiger partial charge on any atom is -1.00 e. The fraction of sp³-hybridized carbons (Fsp3) is 0.118. The first-order valence-corrected chi connectivity index (χ1v) is 12.4. The molecule has 0 bridgehead atoms. The van der Waals surface area contributed by atoms with E-state index in [0.717, 1.165) is 25.7 Å². The molecule has 6 aromatic rings. The van der Waals surface area contributed by atoms with E-state index in [1.165, 1.54) is 54.9 Å². The maximum absolute atomic E-state index is 2.48. The van der Waals surface area contributed by atoms with Gasteiger partial charge in [-0.05, 0) is 24.0 Å². The molecule has 37 heavy (non-hydrogen) atoms. The van der Waals surface area contributed by atoms with Crippen LogP contribution in [0.15, 0.2) is 109 Å². The van der Waals surface area contributed by atoms with Crippen molar-refractivity contribution in [3.05, 3.63) is 131 Å². The van der Waals surface area contributed by atoms with E-state index in [4.69, 9.17) is 0 Å². The summed E-state index contributed by atoms with van der Waals surface area (Å²) in [5, 5.41) is 5.72. The second-order valence-electron chi connectivity index (χ2n) is 9.56. The van der Waals surface area contributed by atoms with Gasteiger partial charge in [-0.15, -0.1) is 68.1 Å². The van der Waals surface area contributed by atoms with E-state index < -0.39 is 0 Å². The van der Waals surface area contributed by atoms with E-state index in [1.54, 1.807) is 11.1 Å². The Hall–Kier alpha value is -2.44. The van der Waals surface area contributed by atoms with Crippen molar-refractivity contribution >= 4 is 21.5 Å². The van der Waals surface area contributed by atoms with Crippen LogP contribution < -0.4 is 24.8 Å². The minimum absolute atomic E-state index is 0. The third-order valence-electron chi connectivity index (χ3n) is 7.73. The van der Waals surface area contributed by atoms with Crippen molar-refractivity contribution < 1.29 is 51.0 Å². The maximum Gasteiger partial charge on any atom is 4.00 e. The van der Waals surface area contributed by atoms with Crippen molar-refractivity contribution in [3.63, 3.8) is 0 Å². The molecule has 180 valence electrons. The van der Waals surface area contributed by atoms with Gasteiger partial charge in [-0.2, -0.15) is 12.1 Å². The molecule has 6 aromatic carbocycles. The summed E-state index contributed by atoms with van der Waals surface area (Å²) in [4.78, 5) is 0. The molecular weight excluding hydrogens is 571 g/mol. The Morgan fingerprint density at radius 2 is 0.865 bits per heavy atom. The first-order chi connectivity index (χ1) is 16.9. The molecule has 0 unspecified atom stereocenters. The van der Waals surface area contributed by atoms with Crippen LogP contribution in [-0.2, 0) is 51.9 Å². The molecule has 0 atom stereocenters. The van der Waals surface area contributed by atoms with Crippen molar-refractivity contribution in [1.29, 1.82) is 0 Å². The second kappa shape index (κ2) is 11.5. The molecule has 0 aliphatic heterocycles. The van der Waals surface area contributed by atoms with Crippen LogP contribution in [0, 0.1) is 0 Å². The average molecular weight is 597 g/mol. The van der Waals surface area contributed by atoms with Crippen LogP contribution in [0.4, 0.5) is 0 Å². The van der Waals surface area contributed by atoms with E-state index in [1.807, 2.05) is 0 Å². The van der Waals surface area contributed by atoms with Crippen LogP contribution >= 0.6 is 0 Å². The predicted octanol–water partition coefficient (Wildman–Crippen LogP) is 2.65. The standard InChI is InChI=1S/C34H26.2ClH.Zr/c1-3-9-23(10-4-1)27-13-7-15-31-29-19-20-30-26(18-17-25(29)21-33(27)31)22-34-28(14-8-16-32(30)34)24-11-5-2-6-12-24;;;/h1-16,21-22H,17-20H2;2*1H;/q-2;;;+4/p-2. The molecule has 1 aliphatic carbocycles. The number of hydrogen-bond donors (Lipinski definition) is 0. The van der Waals surface area contributed by atoms with Gasteiger partial charge in [-0.25, -0.2) is 0 Å². The van der Waals surface area contributed by atoms with Crippen molar-refractivity contribution in [2.75, 3.05) is 0 Å². The van der Waals surface area contributed by atoms with Crippen molar-refractivity contribution in [2.24, 2.45) is 0 Å². The van der Waals surface area contributed by atoms with Gasteiger partial charge in [0.1, 0.15) is 0 Å². The Bertz CT molecular complexity index is 1520. The summed E-state index contributed by atoms with van der Waals surface area (Å²) in [6.07, 6.45) is 4.45. The van der Waals surface area contributed by atoms with Crippen LogP contribution in [0.1, 0.15) is 22.3 Å². The predicted molar refractivity (Wildman–Crippen MR) is 145 cm³/mol. The number of rotatable bonds is 2. The van der Waals surface area contributed by atoms with Crippen LogP contribution in [0.3, 0.4) is 0 Å². The largest absolute Gasteiger partial charge is 4.00 e. The van der Waals surface area contributed by atoms with E-state index in [9.17, 15) is 0 Å². The van der Waals surface area contributed by atoms with Crippen LogP contribution in [0.25, 0.3) is 43.8 Å². The molecule has 1 aliphatic rings. The molecule has 7 rings (SSSR count). The molecule has 0 fully saturated rings. The summed E-state index contributed by atoms with van der Waals surface area (Å²) < 4.78 is 0. The first-order valence-electron chi connectivity index (χ1n) is 12.4. The second-order valence-corrected chi connectivity index (χ2v) is 9.56. The van der Waals surface area contributed by atoms with Gasteiger partial charge in [0.15, 0.2) is 0 Å². The van der Waals surface area contributed by atoms with E-state index in [2.05, 4.69) is 109 Å². The van der Waals surface area contributed by atoms with Gasteiger partial charge < -0.3 is 24.8 Å². The zero-order valence-electron chi connectivity index (χ0n) is 20.5. The third kappa shape index (κ3) is 4.79. The molecule has 0 saturated carbocycles. The number of benzene rings is 4. The molecular formula is C34H26Cl2Zr. The van der Waals surface area contributed by atoms with Gasteiger partial charge in [0.05, 0.1) is 0 Å². The van der Waals surface area contributed by atoms with Crippen molar-refractivity contribution in [2.45, 2.75) is 25.7 Å². The Labute approximate surface area is 250 Å². The molecule has 0 amide bonds. The quantitative estimate of drug-likeness (QED) is 0.270. The summed E-state index contributed by atoms with van der Waals surface area (Å²) >= 11 is 0. The molecule has 0 N–H and O–H groups in total. The smallest absolute Gasteiger partial charge is 1.00 e. The molecule has 0 heterocycles. The normalized spacial score (nSPS) is 12.3. The van der Waals surface area contributed by atoms with Gasteiger partial charge in [-0.3, -0.25) is 0 Å². The number of aryl methyl sites for hydroxylation is 4. The molecule has 0 saturated heterocycles. The average Bonchev–Trinajstić information content (AvgIpc) is 3.42. The summed E-state index contributed by atoms with van der Waals surface area (Å²) in [5.74, 6) is 0. The van der Waals surface area contributed by atoms with Gasteiger partial charge in [-0.1, -0.05) is 96.8 Å². The van der Waals surface area contributed by atoms with Crippen molar-refractivity contribution in [1.82, 2.24) is 0 Å². The summed E-state index contributed by atoms with van der Waals surface area (Å²) in [6, 6.07) is 40.3. The summed E-state index contributed by atoms with van der Waals surface area (Å²) in [7, 11) is 0. The number of fused-ring (bicyclic) bond motifs is 6. The SMILES string of the molecule is [Cl-].[Cl-].[Zr+4].c1ccc(-c2cccc3c2cc2[c-]3CC[c-]3c(cc4c(-c5ccccc5)cccc43)CC2)cc1. The van der Waals surface area contributed by atoms with E-state index in [-0.39, 0.29) is 51.0 Å². The fourth-order valence-electron chi connectivity index (χ4n) is 6.13. The zero-order valence-corrected chi connectivity index (χ0v) is 24.4. The molecule has 0 nitrogen and oxygen atoms in total. The van der Waals surface area contributed by atoms with Crippen LogP contribution in [-0.4, -0.2) is 0 Å². The first kappa shape index (κ1) is 27.6. The van der Waals surface area contributed by atoms with Crippen molar-refractivity contribution in [3.8, 4) is 22.3 Å². The molecule has 0 radical (unpaired) electrons. The van der Waals surface area contributed by atoms with Gasteiger partial charge >= 0.3 is 26.2 Å². The third-order valence-corrected chi connectivity index (χ3v) is 7.73. The fourth-order valence-corrected chi connectivity index (χ4v) is 6.13. The minimum atomic E-state index is 0. The van der Waals surface area contributed by atoms with Crippen LogP contribution in [0.2, 0.25) is 0 Å². The molecule has 0 aromatic heterocycles. The van der Waals surface area contributed by atoms with Gasteiger partial charge in [0.2, 0.25) is 0 Å². The Morgan fingerprint density at radius 3 is 1.27 bits per heavy atom. The Morgan fingerprint density at radius 1 is 0.459 bits per heavy atom. The number of hydrogen-bond acceptors (Lipinski definition) is 0. The molecule has 3 heteroatoms.